The molecule has 2 aliphatic carbocycles. The van der Waals surface area contributed by atoms with E-state index in [0.29, 0.717) is 25.0 Å². The quantitative estimate of drug-likeness (QED) is 0.616. The van der Waals surface area contributed by atoms with Crippen molar-refractivity contribution >= 4 is 32.5 Å². The van der Waals surface area contributed by atoms with Gasteiger partial charge in [-0.1, -0.05) is 13.8 Å². The Morgan fingerprint density at radius 3 is 2.67 bits per heavy atom. The molecule has 0 aromatic carbocycles. The van der Waals surface area contributed by atoms with Crippen LogP contribution in [0.2, 0.25) is 0 Å². The fourth-order valence-electron chi connectivity index (χ4n) is 5.01. The van der Waals surface area contributed by atoms with E-state index in [1.807, 2.05) is 13.8 Å². The number of aliphatic carboxylic acids is 1. The molecule has 0 aliphatic heterocycles. The molecule has 10 heteroatoms. The molecule has 1 heterocycles. The van der Waals surface area contributed by atoms with Crippen molar-refractivity contribution in [2.45, 2.75) is 51.6 Å². The first-order valence-corrected chi connectivity index (χ1v) is 11.6. The first kappa shape index (κ1) is 20.5. The molecular weight excluding hydrogens is 392 g/mol. The number of carbonyl (C=O) groups excluding carboxylic acids is 1. The maximum absolute atomic E-state index is 11.6. The van der Waals surface area contributed by atoms with Gasteiger partial charge in [0.2, 0.25) is 10.0 Å². The van der Waals surface area contributed by atoms with Crippen molar-refractivity contribution < 1.29 is 28.5 Å². The predicted octanol–water partition coefficient (Wildman–Crippen LogP) is 0.0701. The molecule has 3 N–H and O–H groups in total. The van der Waals surface area contributed by atoms with Gasteiger partial charge in [0.1, 0.15) is 0 Å². The van der Waals surface area contributed by atoms with Crippen molar-refractivity contribution in [3.8, 4) is 0 Å². The van der Waals surface area contributed by atoms with Crippen LogP contribution in [0.15, 0.2) is 0 Å². The fourth-order valence-corrected chi connectivity index (χ4v) is 6.92. The summed E-state index contributed by atoms with van der Waals surface area (Å²) in [6.07, 6.45) is 1.67. The number of carboxylic acid groups (broad SMARTS) is 1. The van der Waals surface area contributed by atoms with Crippen LogP contribution >= 0.6 is 11.3 Å². The average Bonchev–Trinajstić information content (AvgIpc) is 2.93. The molecule has 0 spiro atoms. The summed E-state index contributed by atoms with van der Waals surface area (Å²) in [7, 11) is -3.51. The topological polar surface area (TPSA) is 140 Å². The van der Waals surface area contributed by atoms with E-state index in [4.69, 9.17) is 0 Å². The molecule has 0 unspecified atom stereocenters. The van der Waals surface area contributed by atoms with Gasteiger partial charge < -0.3 is 20.1 Å². The minimum atomic E-state index is -3.51. The molecular formula is C17H25N2O6S2-. The van der Waals surface area contributed by atoms with Gasteiger partial charge in [0.25, 0.3) is 0 Å². The molecule has 1 aromatic heterocycles. The third kappa shape index (κ3) is 3.48. The molecule has 1 saturated carbocycles. The van der Waals surface area contributed by atoms with E-state index in [1.165, 1.54) is 11.3 Å². The van der Waals surface area contributed by atoms with Gasteiger partial charge in [-0.05, 0) is 37.0 Å². The maximum atomic E-state index is 11.6. The molecule has 152 valence electrons. The number of carboxylic acids is 1. The molecule has 27 heavy (non-hydrogen) atoms. The lowest BCUT2D eigenvalue weighted by atomic mass is 9.47. The lowest BCUT2D eigenvalue weighted by Crippen LogP contribution is -2.57. The molecule has 1 fully saturated rings. The van der Waals surface area contributed by atoms with Gasteiger partial charge in [0.05, 0.1) is 24.7 Å². The van der Waals surface area contributed by atoms with Crippen LogP contribution in [-0.2, 0) is 21.2 Å². The molecule has 8 nitrogen and oxygen atoms in total. The number of aliphatic hydroxyl groups excluding tert-OH is 2. The number of aromatic nitrogens is 1. The molecule has 2 aliphatic rings. The van der Waals surface area contributed by atoms with E-state index in [2.05, 4.69) is 9.71 Å². The van der Waals surface area contributed by atoms with Crippen LogP contribution in [0.1, 0.15) is 49.6 Å². The second kappa shape index (κ2) is 6.68. The second-order valence-corrected chi connectivity index (χ2v) is 11.1. The lowest BCUT2D eigenvalue weighted by Gasteiger charge is -2.58. The number of carbonyl (C=O) groups is 1. The van der Waals surface area contributed by atoms with Gasteiger partial charge in [-0.25, -0.2) is 13.4 Å². The zero-order chi connectivity index (χ0) is 20.2. The van der Waals surface area contributed by atoms with E-state index in [-0.39, 0.29) is 24.1 Å². The molecule has 0 radical (unpaired) electrons. The Bertz CT molecular complexity index is 854. The Morgan fingerprint density at radius 1 is 1.44 bits per heavy atom. The molecule has 5 atom stereocenters. The average molecular weight is 418 g/mol. The van der Waals surface area contributed by atoms with Crippen LogP contribution in [0.5, 0.6) is 0 Å². The number of aliphatic hydroxyl groups is 2. The highest BCUT2D eigenvalue weighted by molar-refractivity contribution is 7.92. The normalized spacial score (nSPS) is 36.0. The predicted molar refractivity (Wildman–Crippen MR) is 98.7 cm³/mol. The summed E-state index contributed by atoms with van der Waals surface area (Å²) in [5.41, 5.74) is -0.686. The first-order valence-electron chi connectivity index (χ1n) is 8.87. The van der Waals surface area contributed by atoms with E-state index in [9.17, 15) is 28.5 Å². The summed E-state index contributed by atoms with van der Waals surface area (Å²) in [6.45, 7) is 3.60. The number of sulfonamides is 1. The van der Waals surface area contributed by atoms with Crippen LogP contribution in [-0.4, -0.2) is 48.6 Å². The maximum Gasteiger partial charge on any atom is 0.231 e. The molecule has 3 rings (SSSR count). The minimum absolute atomic E-state index is 0.165. The van der Waals surface area contributed by atoms with E-state index >= 15 is 0 Å². The number of anilines is 1. The summed E-state index contributed by atoms with van der Waals surface area (Å²) >= 11 is 1.18. The lowest BCUT2D eigenvalue weighted by molar-refractivity contribution is -0.307. The number of nitrogens with one attached hydrogen (secondary N) is 1. The molecule has 0 bridgehead atoms. The number of hydrogen-bond acceptors (Lipinski definition) is 8. The van der Waals surface area contributed by atoms with Crippen molar-refractivity contribution in [1.29, 1.82) is 0 Å². The zero-order valence-corrected chi connectivity index (χ0v) is 17.2. The van der Waals surface area contributed by atoms with Gasteiger partial charge in [0, 0.05) is 22.2 Å². The fraction of sp³-hybridized carbons (Fsp3) is 0.765. The van der Waals surface area contributed by atoms with Gasteiger partial charge in [0.15, 0.2) is 5.13 Å². The summed E-state index contributed by atoms with van der Waals surface area (Å²) in [5, 5.41) is 32.3. The smallest absolute Gasteiger partial charge is 0.231 e. The highest BCUT2D eigenvalue weighted by atomic mass is 32.2. The number of hydrogen-bond donors (Lipinski definition) is 3. The molecule has 0 saturated heterocycles. The summed E-state index contributed by atoms with van der Waals surface area (Å²) < 4.78 is 25.5. The largest absolute Gasteiger partial charge is 0.550 e. The Kier molecular flexibility index (Phi) is 5.07. The van der Waals surface area contributed by atoms with Crippen molar-refractivity contribution in [3.05, 3.63) is 10.6 Å². The van der Waals surface area contributed by atoms with Crippen LogP contribution in [0.4, 0.5) is 5.13 Å². The highest BCUT2D eigenvalue weighted by Gasteiger charge is 2.58. The molecule has 1 aromatic rings. The second-order valence-electron chi connectivity index (χ2n) is 8.31. The van der Waals surface area contributed by atoms with E-state index in [1.54, 1.807) is 0 Å². The van der Waals surface area contributed by atoms with Crippen molar-refractivity contribution in [1.82, 2.24) is 4.98 Å². The van der Waals surface area contributed by atoms with Crippen molar-refractivity contribution in [3.63, 3.8) is 0 Å². The van der Waals surface area contributed by atoms with Gasteiger partial charge in [-0.2, -0.15) is 0 Å². The summed E-state index contributed by atoms with van der Waals surface area (Å²) in [6, 6.07) is 0. The summed E-state index contributed by atoms with van der Waals surface area (Å²) in [5.74, 6) is -1.83. The van der Waals surface area contributed by atoms with Gasteiger partial charge >= 0.3 is 0 Å². The zero-order valence-electron chi connectivity index (χ0n) is 15.6. The number of rotatable bonds is 5. The Labute approximate surface area is 162 Å². The van der Waals surface area contributed by atoms with Crippen LogP contribution in [0.3, 0.4) is 0 Å². The van der Waals surface area contributed by atoms with Crippen molar-refractivity contribution in [2.75, 3.05) is 17.6 Å². The first-order chi connectivity index (χ1) is 12.4. The number of nitrogens with zero attached hydrogens (tertiary/aromatic N) is 1. The Morgan fingerprint density at radius 2 is 2.11 bits per heavy atom. The van der Waals surface area contributed by atoms with E-state index in [0.717, 1.165) is 11.1 Å². The third-order valence-electron chi connectivity index (χ3n) is 6.54. The summed E-state index contributed by atoms with van der Waals surface area (Å²) in [4.78, 5) is 16.7. The Balaban J connectivity index is 2.12. The van der Waals surface area contributed by atoms with E-state index < -0.39 is 38.8 Å². The Hall–Kier alpha value is -1.23. The highest BCUT2D eigenvalue weighted by Crippen LogP contribution is 2.62. The third-order valence-corrected chi connectivity index (χ3v) is 8.24. The number of fused-ring (bicyclic) bond motifs is 2. The van der Waals surface area contributed by atoms with Crippen LogP contribution < -0.4 is 9.83 Å². The SMILES string of the molecule is C[C@]1(CO)[C@H]2Cc3sc(NS(C)(=O)=O)nc3[C@@H](CC(=O)[O-])[C@]2(C)CC[C@H]1O. The minimum Gasteiger partial charge on any atom is -0.550 e. The van der Waals surface area contributed by atoms with Crippen molar-refractivity contribution in [2.24, 2.45) is 16.7 Å². The van der Waals surface area contributed by atoms with Crippen LogP contribution in [0, 0.1) is 16.7 Å². The number of thiazole rings is 1. The van der Waals surface area contributed by atoms with Gasteiger partial charge in [-0.3, -0.25) is 4.72 Å². The molecule has 0 amide bonds. The van der Waals surface area contributed by atoms with Crippen LogP contribution in [0.25, 0.3) is 0 Å². The monoisotopic (exact) mass is 417 g/mol. The standard InChI is InChI=1S/C17H26N2O6S2/c1-16-5-4-12(21)17(2,8-20)11(16)7-10-14(9(16)6-13(22)23)18-15(26-10)19-27(3,24)25/h9,11-12,20-21H,4-8H2,1-3H3,(H,18,19)(H,22,23)/p-1/t9-,11+,12-,16+,17+/m1/s1. The van der Waals surface area contributed by atoms with Gasteiger partial charge in [-0.15, -0.1) is 11.3 Å².